The quantitative estimate of drug-likeness (QED) is 0.705. The Morgan fingerprint density at radius 1 is 1.00 bits per heavy atom. The molecule has 0 amide bonds. The van der Waals surface area contributed by atoms with Crippen molar-refractivity contribution < 1.29 is 0 Å². The molecule has 2 saturated carbocycles. The van der Waals surface area contributed by atoms with Crippen LogP contribution in [0.15, 0.2) is 0 Å². The lowest BCUT2D eigenvalue weighted by molar-refractivity contribution is 0.165. The summed E-state index contributed by atoms with van der Waals surface area (Å²) >= 11 is 0. The fourth-order valence-electron chi connectivity index (χ4n) is 3.06. The monoisotopic (exact) mass is 182 g/mol. The maximum atomic E-state index is 6.11. The molecule has 0 aromatic rings. The van der Waals surface area contributed by atoms with Crippen LogP contribution >= 0.6 is 0 Å². The van der Waals surface area contributed by atoms with Crippen molar-refractivity contribution in [2.45, 2.75) is 63.1 Å². The average molecular weight is 182 g/mol. The van der Waals surface area contributed by atoms with Crippen molar-refractivity contribution in [3.63, 3.8) is 0 Å². The summed E-state index contributed by atoms with van der Waals surface area (Å²) in [5.41, 5.74) is 6.11. The minimum atomic E-state index is 0.450. The van der Waals surface area contributed by atoms with Crippen LogP contribution in [0.2, 0.25) is 0 Å². The Morgan fingerprint density at radius 3 is 2.23 bits per heavy atom. The number of rotatable bonds is 2. The summed E-state index contributed by atoms with van der Waals surface area (Å²) < 4.78 is 0. The zero-order valence-electron chi connectivity index (χ0n) is 8.71. The molecule has 0 heterocycles. The van der Waals surface area contributed by atoms with E-state index in [1.807, 2.05) is 0 Å². The third-order valence-electron chi connectivity index (χ3n) is 3.96. The van der Waals surface area contributed by atoms with E-state index in [-0.39, 0.29) is 0 Å². The van der Waals surface area contributed by atoms with Gasteiger partial charge in [-0.05, 0) is 32.7 Å². The van der Waals surface area contributed by atoms with E-state index < -0.39 is 0 Å². The summed E-state index contributed by atoms with van der Waals surface area (Å²) in [6.07, 6.45) is 9.56. The molecule has 2 heteroatoms. The molecule has 0 spiro atoms. The third-order valence-corrected chi connectivity index (χ3v) is 3.96. The van der Waals surface area contributed by atoms with Crippen LogP contribution in [0.1, 0.15) is 44.9 Å². The van der Waals surface area contributed by atoms with Gasteiger partial charge < -0.3 is 5.73 Å². The Bertz CT molecular complexity index is 163. The van der Waals surface area contributed by atoms with Crippen molar-refractivity contribution >= 4 is 0 Å². The van der Waals surface area contributed by atoms with Gasteiger partial charge in [0.15, 0.2) is 0 Å². The second kappa shape index (κ2) is 3.97. The van der Waals surface area contributed by atoms with Crippen molar-refractivity contribution in [2.75, 3.05) is 7.05 Å². The highest BCUT2D eigenvalue weighted by molar-refractivity contribution is 4.90. The van der Waals surface area contributed by atoms with Crippen LogP contribution in [0.25, 0.3) is 0 Å². The smallest absolute Gasteiger partial charge is 0.0247 e. The van der Waals surface area contributed by atoms with Gasteiger partial charge in [-0.2, -0.15) is 0 Å². The molecule has 0 bridgehead atoms. The summed E-state index contributed by atoms with van der Waals surface area (Å²) in [5.74, 6) is 0. The second-order valence-corrected chi connectivity index (χ2v) is 4.77. The van der Waals surface area contributed by atoms with Crippen LogP contribution in [0, 0.1) is 0 Å². The highest BCUT2D eigenvalue weighted by atomic mass is 15.2. The Morgan fingerprint density at radius 2 is 1.69 bits per heavy atom. The zero-order valence-corrected chi connectivity index (χ0v) is 8.71. The normalized spacial score (nSPS) is 36.2. The molecule has 2 nitrogen and oxygen atoms in total. The molecule has 0 aromatic carbocycles. The number of nitrogens with two attached hydrogens (primary N) is 1. The molecule has 2 N–H and O–H groups in total. The number of hydrogen-bond acceptors (Lipinski definition) is 2. The first-order chi connectivity index (χ1) is 6.29. The fraction of sp³-hybridized carbons (Fsp3) is 1.00. The minimum Gasteiger partial charge on any atom is -0.326 e. The summed E-state index contributed by atoms with van der Waals surface area (Å²) in [5, 5.41) is 0. The lowest BCUT2D eigenvalue weighted by atomic mass is 10.1. The van der Waals surface area contributed by atoms with Gasteiger partial charge in [-0.25, -0.2) is 0 Å². The predicted octanol–water partition coefficient (Wildman–Crippen LogP) is 1.74. The van der Waals surface area contributed by atoms with Crippen LogP contribution < -0.4 is 5.73 Å². The van der Waals surface area contributed by atoms with Crippen molar-refractivity contribution in [2.24, 2.45) is 5.73 Å². The third kappa shape index (κ3) is 1.89. The Hall–Kier alpha value is -0.0800. The summed E-state index contributed by atoms with van der Waals surface area (Å²) in [6, 6.07) is 1.97. The van der Waals surface area contributed by atoms with Gasteiger partial charge in [-0.1, -0.05) is 19.3 Å². The SMILES string of the molecule is CN(C1CCCC1)C1CCCC1N. The first kappa shape index (κ1) is 9.47. The van der Waals surface area contributed by atoms with Gasteiger partial charge in [-0.3, -0.25) is 4.90 Å². The lowest BCUT2D eigenvalue weighted by Crippen LogP contribution is -2.46. The lowest BCUT2D eigenvalue weighted by Gasteiger charge is -2.32. The average Bonchev–Trinajstić information content (AvgIpc) is 2.72. The standard InChI is InChI=1S/C11H22N2/c1-13(9-5-2-3-6-9)11-8-4-7-10(11)12/h9-11H,2-8,12H2,1H3. The zero-order chi connectivity index (χ0) is 9.26. The Kier molecular flexibility index (Phi) is 2.89. The van der Waals surface area contributed by atoms with E-state index in [4.69, 9.17) is 5.73 Å². The molecule has 2 unspecified atom stereocenters. The molecular weight excluding hydrogens is 160 g/mol. The molecule has 0 aliphatic heterocycles. The van der Waals surface area contributed by atoms with Crippen molar-refractivity contribution in [1.29, 1.82) is 0 Å². The van der Waals surface area contributed by atoms with Crippen LogP contribution in [-0.2, 0) is 0 Å². The molecule has 2 fully saturated rings. The van der Waals surface area contributed by atoms with E-state index in [1.165, 1.54) is 44.9 Å². The Balaban J connectivity index is 1.91. The molecule has 0 radical (unpaired) electrons. The van der Waals surface area contributed by atoms with Gasteiger partial charge in [0.05, 0.1) is 0 Å². The van der Waals surface area contributed by atoms with Crippen molar-refractivity contribution in [3.8, 4) is 0 Å². The van der Waals surface area contributed by atoms with Gasteiger partial charge in [0, 0.05) is 18.1 Å². The van der Waals surface area contributed by atoms with Crippen LogP contribution in [0.4, 0.5) is 0 Å². The van der Waals surface area contributed by atoms with E-state index in [0.717, 1.165) is 6.04 Å². The number of likely N-dealkylation sites (N-methyl/N-ethyl adjacent to an activating group) is 1. The molecule has 2 rings (SSSR count). The van der Waals surface area contributed by atoms with Gasteiger partial charge in [0.2, 0.25) is 0 Å². The topological polar surface area (TPSA) is 29.3 Å². The maximum absolute atomic E-state index is 6.11. The molecule has 2 aliphatic carbocycles. The van der Waals surface area contributed by atoms with E-state index in [0.29, 0.717) is 12.1 Å². The molecular formula is C11H22N2. The second-order valence-electron chi connectivity index (χ2n) is 4.77. The maximum Gasteiger partial charge on any atom is 0.0247 e. The molecule has 0 saturated heterocycles. The van der Waals surface area contributed by atoms with Gasteiger partial charge in [-0.15, -0.1) is 0 Å². The highest BCUT2D eigenvalue weighted by Gasteiger charge is 2.32. The van der Waals surface area contributed by atoms with Gasteiger partial charge >= 0.3 is 0 Å². The van der Waals surface area contributed by atoms with Crippen LogP contribution in [0.3, 0.4) is 0 Å². The van der Waals surface area contributed by atoms with Gasteiger partial charge in [0.25, 0.3) is 0 Å². The van der Waals surface area contributed by atoms with Gasteiger partial charge in [0.1, 0.15) is 0 Å². The Labute approximate surface area is 81.5 Å². The van der Waals surface area contributed by atoms with E-state index >= 15 is 0 Å². The molecule has 76 valence electrons. The molecule has 13 heavy (non-hydrogen) atoms. The molecule has 2 aliphatic rings. The summed E-state index contributed by atoms with van der Waals surface area (Å²) in [7, 11) is 2.28. The number of nitrogens with zero attached hydrogens (tertiary/aromatic N) is 1. The van der Waals surface area contributed by atoms with Crippen molar-refractivity contribution in [1.82, 2.24) is 4.90 Å². The number of hydrogen-bond donors (Lipinski definition) is 1. The fourth-order valence-corrected chi connectivity index (χ4v) is 3.06. The first-order valence-corrected chi connectivity index (χ1v) is 5.76. The van der Waals surface area contributed by atoms with E-state index in [1.54, 1.807) is 0 Å². The predicted molar refractivity (Wildman–Crippen MR) is 55.6 cm³/mol. The van der Waals surface area contributed by atoms with E-state index in [9.17, 15) is 0 Å². The molecule has 0 aromatic heterocycles. The summed E-state index contributed by atoms with van der Waals surface area (Å²) in [6.45, 7) is 0. The van der Waals surface area contributed by atoms with Crippen LogP contribution in [-0.4, -0.2) is 30.1 Å². The van der Waals surface area contributed by atoms with E-state index in [2.05, 4.69) is 11.9 Å². The first-order valence-electron chi connectivity index (χ1n) is 5.76. The summed E-state index contributed by atoms with van der Waals surface area (Å²) in [4.78, 5) is 2.57. The minimum absolute atomic E-state index is 0.450. The largest absolute Gasteiger partial charge is 0.326 e. The highest BCUT2D eigenvalue weighted by Crippen LogP contribution is 2.29. The molecule has 2 atom stereocenters. The van der Waals surface area contributed by atoms with Crippen molar-refractivity contribution in [3.05, 3.63) is 0 Å². The van der Waals surface area contributed by atoms with Crippen LogP contribution in [0.5, 0.6) is 0 Å².